The molecule has 6 heteroatoms. The predicted molar refractivity (Wildman–Crippen MR) is 105 cm³/mol. The predicted octanol–water partition coefficient (Wildman–Crippen LogP) is 5.24. The van der Waals surface area contributed by atoms with Crippen LogP contribution in [0.2, 0.25) is 0 Å². The number of hydrogen-bond donors (Lipinski definition) is 0. The summed E-state index contributed by atoms with van der Waals surface area (Å²) in [7, 11) is 3.23. The molecular weight excluding hydrogens is 362 g/mol. The van der Waals surface area contributed by atoms with Gasteiger partial charge in [-0.25, -0.2) is 13.8 Å². The number of alkyl halides is 2. The summed E-state index contributed by atoms with van der Waals surface area (Å²) in [6, 6.07) is 20.0. The van der Waals surface area contributed by atoms with Crippen LogP contribution in [0.25, 0.3) is 0 Å². The molecular formula is C22H22F2N2O2. The third-order valence-corrected chi connectivity index (χ3v) is 4.37. The maximum atomic E-state index is 13.1. The van der Waals surface area contributed by atoms with E-state index in [1.807, 2.05) is 53.4 Å². The molecule has 0 atom stereocenters. The third-order valence-electron chi connectivity index (χ3n) is 4.37. The Morgan fingerprint density at radius 2 is 1.29 bits per heavy atom. The van der Waals surface area contributed by atoms with Crippen LogP contribution in [-0.4, -0.2) is 19.2 Å². The normalized spacial score (nSPS) is 10.8. The first-order valence-electron chi connectivity index (χ1n) is 8.85. The molecule has 0 fully saturated rings. The highest BCUT2D eigenvalue weighted by atomic mass is 19.3. The lowest BCUT2D eigenvalue weighted by Gasteiger charge is -2.25. The molecule has 0 bridgehead atoms. The van der Waals surface area contributed by atoms with Gasteiger partial charge in [0.15, 0.2) is 0 Å². The maximum absolute atomic E-state index is 13.1. The Morgan fingerprint density at radius 1 is 0.786 bits per heavy atom. The molecule has 0 aliphatic rings. The summed E-state index contributed by atoms with van der Waals surface area (Å²) in [6.45, 7) is 1.05. The van der Waals surface area contributed by atoms with E-state index < -0.39 is 6.43 Å². The molecule has 3 aromatic rings. The summed E-state index contributed by atoms with van der Waals surface area (Å²) in [5.41, 5.74) is 1.82. The number of ether oxygens (including phenoxy) is 2. The lowest BCUT2D eigenvalue weighted by Crippen LogP contribution is -2.23. The molecule has 0 amide bonds. The van der Waals surface area contributed by atoms with Gasteiger partial charge in [-0.15, -0.1) is 0 Å². The van der Waals surface area contributed by atoms with Gasteiger partial charge in [-0.2, -0.15) is 0 Å². The van der Waals surface area contributed by atoms with Crippen molar-refractivity contribution in [2.75, 3.05) is 19.1 Å². The Balaban J connectivity index is 1.88. The van der Waals surface area contributed by atoms with E-state index in [9.17, 15) is 8.78 Å². The first kappa shape index (κ1) is 19.6. The smallest absolute Gasteiger partial charge is 0.280 e. The first-order chi connectivity index (χ1) is 13.6. The Bertz CT molecular complexity index is 834. The van der Waals surface area contributed by atoms with E-state index >= 15 is 0 Å². The lowest BCUT2D eigenvalue weighted by molar-refractivity contribution is 0.146. The average Bonchev–Trinajstić information content (AvgIpc) is 2.74. The van der Waals surface area contributed by atoms with Gasteiger partial charge in [-0.1, -0.05) is 30.3 Å². The lowest BCUT2D eigenvalue weighted by atomic mass is 10.1. The number of hydrogen-bond acceptors (Lipinski definition) is 4. The molecule has 0 saturated heterocycles. The number of pyridine rings is 1. The molecule has 146 valence electrons. The zero-order chi connectivity index (χ0) is 19.9. The van der Waals surface area contributed by atoms with E-state index in [0.29, 0.717) is 18.9 Å². The van der Waals surface area contributed by atoms with Crippen molar-refractivity contribution in [3.63, 3.8) is 0 Å². The van der Waals surface area contributed by atoms with Crippen molar-refractivity contribution >= 4 is 5.82 Å². The Kier molecular flexibility index (Phi) is 6.42. The van der Waals surface area contributed by atoms with Crippen LogP contribution in [0, 0.1) is 0 Å². The van der Waals surface area contributed by atoms with Crippen molar-refractivity contribution in [3.8, 4) is 11.5 Å². The second kappa shape index (κ2) is 9.17. The topological polar surface area (TPSA) is 34.6 Å². The molecule has 28 heavy (non-hydrogen) atoms. The zero-order valence-corrected chi connectivity index (χ0v) is 15.8. The summed E-state index contributed by atoms with van der Waals surface area (Å²) < 4.78 is 36.6. The van der Waals surface area contributed by atoms with Crippen molar-refractivity contribution in [1.29, 1.82) is 0 Å². The van der Waals surface area contributed by atoms with Gasteiger partial charge in [0.2, 0.25) is 0 Å². The number of rotatable bonds is 8. The van der Waals surface area contributed by atoms with Crippen LogP contribution < -0.4 is 14.4 Å². The van der Waals surface area contributed by atoms with Gasteiger partial charge in [-0.05, 0) is 47.5 Å². The highest BCUT2D eigenvalue weighted by Crippen LogP contribution is 2.24. The second-order valence-electron chi connectivity index (χ2n) is 6.27. The fourth-order valence-electron chi connectivity index (χ4n) is 2.86. The molecule has 1 heterocycles. The minimum absolute atomic E-state index is 0.230. The molecule has 3 rings (SSSR count). The Morgan fingerprint density at radius 3 is 1.71 bits per heavy atom. The number of aromatic nitrogens is 1. The van der Waals surface area contributed by atoms with Gasteiger partial charge in [0, 0.05) is 13.1 Å². The minimum atomic E-state index is -2.61. The molecule has 1 aromatic heterocycles. The second-order valence-corrected chi connectivity index (χ2v) is 6.27. The van der Waals surface area contributed by atoms with Crippen LogP contribution in [0.3, 0.4) is 0 Å². The first-order valence-corrected chi connectivity index (χ1v) is 8.85. The molecule has 2 aromatic carbocycles. The number of nitrogens with zero attached hydrogens (tertiary/aromatic N) is 2. The molecule has 0 N–H and O–H groups in total. The number of methoxy groups -OCH3 is 2. The molecule has 0 radical (unpaired) electrons. The maximum Gasteiger partial charge on any atom is 0.280 e. The van der Waals surface area contributed by atoms with E-state index in [4.69, 9.17) is 9.47 Å². The molecule has 0 spiro atoms. The highest BCUT2D eigenvalue weighted by molar-refractivity contribution is 5.43. The summed E-state index contributed by atoms with van der Waals surface area (Å²) in [5, 5.41) is 0. The summed E-state index contributed by atoms with van der Waals surface area (Å²) in [5.74, 6) is 2.04. The number of benzene rings is 2. The van der Waals surface area contributed by atoms with Gasteiger partial charge < -0.3 is 14.4 Å². The fourth-order valence-corrected chi connectivity index (χ4v) is 2.86. The minimum Gasteiger partial charge on any atom is -0.497 e. The van der Waals surface area contributed by atoms with Crippen molar-refractivity contribution in [3.05, 3.63) is 83.6 Å². The largest absolute Gasteiger partial charge is 0.497 e. The monoisotopic (exact) mass is 384 g/mol. The SMILES string of the molecule is COc1ccc(CN(Cc2ccc(OC)cc2)c2cccc(C(F)F)n2)cc1. The van der Waals surface area contributed by atoms with E-state index in [2.05, 4.69) is 4.98 Å². The van der Waals surface area contributed by atoms with Crippen LogP contribution in [-0.2, 0) is 13.1 Å². The van der Waals surface area contributed by atoms with Crippen molar-refractivity contribution < 1.29 is 18.3 Å². The molecule has 0 saturated carbocycles. The van der Waals surface area contributed by atoms with Gasteiger partial charge in [0.25, 0.3) is 6.43 Å². The Labute approximate surface area is 163 Å². The third kappa shape index (κ3) is 4.97. The van der Waals surface area contributed by atoms with Crippen LogP contribution in [0.15, 0.2) is 66.7 Å². The van der Waals surface area contributed by atoms with Gasteiger partial charge >= 0.3 is 0 Å². The standard InChI is InChI=1S/C22H22F2N2O2/c1-27-18-10-6-16(7-11-18)14-26(15-17-8-12-19(28-2)13-9-17)21-5-3-4-20(25-21)22(23)24/h3-13,22H,14-15H2,1-2H3. The van der Waals surface area contributed by atoms with Gasteiger partial charge in [0.1, 0.15) is 23.0 Å². The van der Waals surface area contributed by atoms with E-state index in [1.54, 1.807) is 26.4 Å². The summed E-state index contributed by atoms with van der Waals surface area (Å²) >= 11 is 0. The van der Waals surface area contributed by atoms with Crippen LogP contribution in [0.4, 0.5) is 14.6 Å². The fraction of sp³-hybridized carbons (Fsp3) is 0.227. The van der Waals surface area contributed by atoms with E-state index in [-0.39, 0.29) is 5.69 Å². The zero-order valence-electron chi connectivity index (χ0n) is 15.8. The van der Waals surface area contributed by atoms with Crippen molar-refractivity contribution in [1.82, 2.24) is 4.98 Å². The molecule has 0 aliphatic heterocycles. The van der Waals surface area contributed by atoms with E-state index in [0.717, 1.165) is 22.6 Å². The summed E-state index contributed by atoms with van der Waals surface area (Å²) in [4.78, 5) is 6.13. The molecule has 4 nitrogen and oxygen atoms in total. The highest BCUT2D eigenvalue weighted by Gasteiger charge is 2.14. The van der Waals surface area contributed by atoms with Crippen LogP contribution >= 0.6 is 0 Å². The molecule has 0 aliphatic carbocycles. The van der Waals surface area contributed by atoms with Crippen molar-refractivity contribution in [2.45, 2.75) is 19.5 Å². The number of halogens is 2. The van der Waals surface area contributed by atoms with Crippen molar-refractivity contribution in [2.24, 2.45) is 0 Å². The summed E-state index contributed by atoms with van der Waals surface area (Å²) in [6.07, 6.45) is -2.61. The molecule has 0 unspecified atom stereocenters. The average molecular weight is 384 g/mol. The van der Waals surface area contributed by atoms with Crippen LogP contribution in [0.1, 0.15) is 23.2 Å². The van der Waals surface area contributed by atoms with Gasteiger partial charge in [-0.3, -0.25) is 0 Å². The quantitative estimate of drug-likeness (QED) is 0.532. The van der Waals surface area contributed by atoms with E-state index in [1.165, 1.54) is 6.07 Å². The Hall–Kier alpha value is -3.15. The van der Waals surface area contributed by atoms with Crippen LogP contribution in [0.5, 0.6) is 11.5 Å². The van der Waals surface area contributed by atoms with Gasteiger partial charge in [0.05, 0.1) is 14.2 Å². The number of anilines is 1.